The molecule has 1 amide bonds. The second-order valence-electron chi connectivity index (χ2n) is 6.20. The predicted molar refractivity (Wildman–Crippen MR) is 109 cm³/mol. The van der Waals surface area contributed by atoms with Crippen molar-refractivity contribution >= 4 is 35.1 Å². The fourth-order valence-corrected chi connectivity index (χ4v) is 4.17. The minimum absolute atomic E-state index is 0.152. The van der Waals surface area contributed by atoms with Gasteiger partial charge in [0.2, 0.25) is 0 Å². The summed E-state index contributed by atoms with van der Waals surface area (Å²) in [6, 6.07) is 13.4. The molecule has 0 bridgehead atoms. The van der Waals surface area contributed by atoms with E-state index >= 15 is 0 Å². The van der Waals surface area contributed by atoms with E-state index in [2.05, 4.69) is 20.5 Å². The van der Waals surface area contributed by atoms with Gasteiger partial charge < -0.3 is 5.32 Å². The average Bonchev–Trinajstić information content (AvgIpc) is 3.25. The maximum atomic E-state index is 12.7. The van der Waals surface area contributed by atoms with E-state index in [1.54, 1.807) is 34.1 Å². The topological polar surface area (TPSA) is 75.1 Å². The van der Waals surface area contributed by atoms with E-state index in [0.717, 1.165) is 21.1 Å². The van der Waals surface area contributed by atoms with Gasteiger partial charge in [0.15, 0.2) is 10.4 Å². The van der Waals surface area contributed by atoms with Crippen LogP contribution in [0, 0.1) is 11.7 Å². The molecule has 1 atom stereocenters. The van der Waals surface area contributed by atoms with Crippen LogP contribution in [0.25, 0.3) is 16.2 Å². The molecule has 0 fully saturated rings. The lowest BCUT2D eigenvalue weighted by atomic mass is 10.2. The van der Waals surface area contributed by atoms with Crippen molar-refractivity contribution in [2.75, 3.05) is 0 Å². The number of aryl methyl sites for hydroxylation is 1. The van der Waals surface area contributed by atoms with Crippen molar-refractivity contribution in [1.82, 2.24) is 24.9 Å². The minimum atomic E-state index is -0.165. The fourth-order valence-electron chi connectivity index (χ4n) is 2.90. The number of carbonyl (C=O) groups excluding carboxylic acids is 1. The van der Waals surface area contributed by atoms with Gasteiger partial charge in [-0.15, -0.1) is 11.3 Å². The Balaban J connectivity index is 1.57. The quantitative estimate of drug-likeness (QED) is 0.505. The number of fused-ring (bicyclic) bond motifs is 1. The number of aromatic nitrogens is 4. The van der Waals surface area contributed by atoms with Crippen molar-refractivity contribution in [3.63, 3.8) is 0 Å². The fraction of sp³-hybridized carbons (Fsp3) is 0.158. The first-order valence-electron chi connectivity index (χ1n) is 8.43. The summed E-state index contributed by atoms with van der Waals surface area (Å²) in [4.78, 5) is 18.4. The molecule has 0 aliphatic rings. The van der Waals surface area contributed by atoms with Gasteiger partial charge in [-0.05, 0) is 38.2 Å². The molecule has 136 valence electrons. The molecule has 0 saturated carbocycles. The zero-order valence-electron chi connectivity index (χ0n) is 14.8. The molecule has 3 heterocycles. The summed E-state index contributed by atoms with van der Waals surface area (Å²) in [5.74, 6) is -0.165. The summed E-state index contributed by atoms with van der Waals surface area (Å²) in [5.41, 5.74) is 3.21. The van der Waals surface area contributed by atoms with Gasteiger partial charge in [-0.3, -0.25) is 14.3 Å². The van der Waals surface area contributed by atoms with E-state index in [9.17, 15) is 4.79 Å². The molecule has 0 radical (unpaired) electrons. The summed E-state index contributed by atoms with van der Waals surface area (Å²) in [6.07, 6.45) is 1.69. The summed E-state index contributed by atoms with van der Waals surface area (Å²) in [6.45, 7) is 3.94. The zero-order valence-corrected chi connectivity index (χ0v) is 16.4. The Bertz CT molecular complexity index is 1180. The summed E-state index contributed by atoms with van der Waals surface area (Å²) in [7, 11) is 0. The lowest BCUT2D eigenvalue weighted by Gasteiger charge is -2.13. The highest BCUT2D eigenvalue weighted by molar-refractivity contribution is 7.71. The van der Waals surface area contributed by atoms with Crippen molar-refractivity contribution in [2.45, 2.75) is 19.9 Å². The average molecular weight is 396 g/mol. The molecule has 4 rings (SSSR count). The molecule has 0 aliphatic heterocycles. The van der Waals surface area contributed by atoms with Crippen LogP contribution in [-0.2, 0) is 0 Å². The summed E-state index contributed by atoms with van der Waals surface area (Å²) >= 11 is 6.77. The third-order valence-electron chi connectivity index (χ3n) is 4.27. The van der Waals surface area contributed by atoms with E-state index in [1.165, 1.54) is 0 Å². The molecule has 0 spiro atoms. The number of rotatable bonds is 4. The lowest BCUT2D eigenvalue weighted by Crippen LogP contribution is -2.26. The Labute approximate surface area is 164 Å². The van der Waals surface area contributed by atoms with E-state index in [-0.39, 0.29) is 11.9 Å². The number of carbonyl (C=O) groups is 1. The SMILES string of the molecule is Cc1nc(-c2ccccc2)sc1[C@@H](C)NC(=O)c1ccc2n[nH]c(=S)n2c1. The van der Waals surface area contributed by atoms with Crippen molar-refractivity contribution in [3.8, 4) is 10.6 Å². The van der Waals surface area contributed by atoms with Crippen LogP contribution in [0.15, 0.2) is 48.7 Å². The standard InChI is InChI=1S/C19H17N5OS2/c1-11(16-12(2)21-18(27-16)13-6-4-3-5-7-13)20-17(25)14-8-9-15-22-23-19(26)24(15)10-14/h3-11H,1-2H3,(H,20,25)(H,23,26)/t11-/m1/s1. The Hall–Kier alpha value is -2.84. The Morgan fingerprint density at radius 1 is 1.26 bits per heavy atom. The van der Waals surface area contributed by atoms with Crippen molar-refractivity contribution in [2.24, 2.45) is 0 Å². The lowest BCUT2D eigenvalue weighted by molar-refractivity contribution is 0.0940. The zero-order chi connectivity index (χ0) is 19.0. The van der Waals surface area contributed by atoms with Crippen molar-refractivity contribution in [1.29, 1.82) is 0 Å². The highest BCUT2D eigenvalue weighted by Gasteiger charge is 2.18. The van der Waals surface area contributed by atoms with E-state index < -0.39 is 0 Å². The third kappa shape index (κ3) is 3.41. The molecule has 0 unspecified atom stereocenters. The monoisotopic (exact) mass is 395 g/mol. The number of benzene rings is 1. The van der Waals surface area contributed by atoms with E-state index in [0.29, 0.717) is 16.0 Å². The molecular weight excluding hydrogens is 378 g/mol. The van der Waals surface area contributed by atoms with Crippen LogP contribution in [-0.4, -0.2) is 25.5 Å². The number of nitrogens with one attached hydrogen (secondary N) is 2. The second kappa shape index (κ2) is 7.05. The summed E-state index contributed by atoms with van der Waals surface area (Å²) < 4.78 is 2.14. The van der Waals surface area contributed by atoms with Gasteiger partial charge in [-0.25, -0.2) is 4.98 Å². The number of nitrogens with zero attached hydrogens (tertiary/aromatic N) is 3. The van der Waals surface area contributed by atoms with E-state index in [4.69, 9.17) is 12.2 Å². The molecule has 4 aromatic rings. The Morgan fingerprint density at radius 2 is 2.04 bits per heavy atom. The highest BCUT2D eigenvalue weighted by atomic mass is 32.1. The largest absolute Gasteiger partial charge is 0.345 e. The third-order valence-corrected chi connectivity index (χ3v) is 5.95. The molecule has 0 saturated heterocycles. The number of hydrogen-bond donors (Lipinski definition) is 2. The number of amides is 1. The van der Waals surface area contributed by atoms with Gasteiger partial charge in [0, 0.05) is 11.8 Å². The van der Waals surface area contributed by atoms with Crippen LogP contribution < -0.4 is 5.32 Å². The van der Waals surface area contributed by atoms with E-state index in [1.807, 2.05) is 44.2 Å². The number of thiazole rings is 1. The van der Waals surface area contributed by atoms with Gasteiger partial charge in [0.05, 0.1) is 22.2 Å². The van der Waals surface area contributed by atoms with Crippen LogP contribution in [0.4, 0.5) is 0 Å². The molecule has 3 aromatic heterocycles. The minimum Gasteiger partial charge on any atom is -0.345 e. The second-order valence-corrected chi connectivity index (χ2v) is 7.62. The smallest absolute Gasteiger partial charge is 0.253 e. The normalized spacial score (nSPS) is 12.2. The highest BCUT2D eigenvalue weighted by Crippen LogP contribution is 2.31. The molecule has 27 heavy (non-hydrogen) atoms. The molecule has 0 aliphatic carbocycles. The maximum absolute atomic E-state index is 12.7. The molecule has 1 aromatic carbocycles. The Kier molecular flexibility index (Phi) is 4.59. The van der Waals surface area contributed by atoms with Gasteiger partial charge in [-0.2, -0.15) is 5.10 Å². The number of aromatic amines is 1. The Morgan fingerprint density at radius 3 is 2.81 bits per heavy atom. The number of hydrogen-bond acceptors (Lipinski definition) is 5. The number of pyridine rings is 1. The van der Waals surface area contributed by atoms with Crippen LogP contribution in [0.2, 0.25) is 0 Å². The first-order chi connectivity index (χ1) is 13.0. The van der Waals surface area contributed by atoms with Gasteiger partial charge in [-0.1, -0.05) is 30.3 Å². The first kappa shape index (κ1) is 17.6. The summed E-state index contributed by atoms with van der Waals surface area (Å²) in [5, 5.41) is 10.8. The van der Waals surface area contributed by atoms with Crippen LogP contribution in [0.5, 0.6) is 0 Å². The van der Waals surface area contributed by atoms with Crippen molar-refractivity contribution in [3.05, 3.63) is 69.6 Å². The van der Waals surface area contributed by atoms with Gasteiger partial charge in [0.1, 0.15) is 5.01 Å². The maximum Gasteiger partial charge on any atom is 0.253 e. The van der Waals surface area contributed by atoms with Crippen LogP contribution in [0.3, 0.4) is 0 Å². The van der Waals surface area contributed by atoms with Crippen LogP contribution in [0.1, 0.15) is 33.9 Å². The molecule has 2 N–H and O–H groups in total. The molecular formula is C19H17N5OS2. The van der Waals surface area contributed by atoms with Crippen LogP contribution >= 0.6 is 23.6 Å². The first-order valence-corrected chi connectivity index (χ1v) is 9.66. The van der Waals surface area contributed by atoms with Crippen molar-refractivity contribution < 1.29 is 4.79 Å². The number of H-pyrrole nitrogens is 1. The van der Waals surface area contributed by atoms with Gasteiger partial charge >= 0.3 is 0 Å². The van der Waals surface area contributed by atoms with Gasteiger partial charge in [0.25, 0.3) is 5.91 Å². The molecule has 6 nitrogen and oxygen atoms in total. The molecule has 8 heteroatoms. The predicted octanol–water partition coefficient (Wildman–Crippen LogP) is 4.31.